The van der Waals surface area contributed by atoms with Gasteiger partial charge in [0, 0.05) is 18.1 Å². The van der Waals surface area contributed by atoms with Gasteiger partial charge in [-0.3, -0.25) is 4.98 Å². The van der Waals surface area contributed by atoms with Crippen molar-refractivity contribution in [2.45, 2.75) is 10.8 Å². The molecule has 5 heteroatoms. The lowest BCUT2D eigenvalue weighted by Crippen LogP contribution is -1.88. The summed E-state index contributed by atoms with van der Waals surface area (Å²) < 4.78 is 13.1. The fourth-order valence-corrected chi connectivity index (χ4v) is 2.03. The summed E-state index contributed by atoms with van der Waals surface area (Å²) in [7, 11) is 0. The van der Waals surface area contributed by atoms with Gasteiger partial charge < -0.3 is 0 Å². The Labute approximate surface area is 102 Å². The molecule has 0 aliphatic rings. The average Bonchev–Trinajstić information content (AvgIpc) is 2.39. The van der Waals surface area contributed by atoms with E-state index in [2.05, 4.69) is 9.97 Å². The van der Waals surface area contributed by atoms with E-state index in [-0.39, 0.29) is 5.56 Å². The highest BCUT2D eigenvalue weighted by Gasteiger charge is 2.03. The van der Waals surface area contributed by atoms with Crippen LogP contribution < -0.4 is 0 Å². The van der Waals surface area contributed by atoms with Crippen LogP contribution in [0.5, 0.6) is 0 Å². The van der Waals surface area contributed by atoms with Crippen molar-refractivity contribution in [3.05, 3.63) is 53.7 Å². The molecule has 2 rings (SSSR count). The predicted molar refractivity (Wildman–Crippen MR) is 62.7 cm³/mol. The minimum atomic E-state index is -0.485. The largest absolute Gasteiger partial charge is 0.260 e. The van der Waals surface area contributed by atoms with Crippen LogP contribution in [0.2, 0.25) is 0 Å². The normalized spacial score (nSPS) is 9.88. The fourth-order valence-electron chi connectivity index (χ4n) is 1.27. The SMILES string of the molecule is N#Cc1cc(CSc2cnccn2)ccc1F. The number of nitrogens with zero attached hydrogens (tertiary/aromatic N) is 3. The Hall–Kier alpha value is -1.93. The molecule has 0 atom stereocenters. The molecular formula is C12H8FN3S. The van der Waals surface area contributed by atoms with Crippen molar-refractivity contribution < 1.29 is 4.39 Å². The zero-order chi connectivity index (χ0) is 12.1. The van der Waals surface area contributed by atoms with Crippen LogP contribution in [-0.2, 0) is 5.75 Å². The van der Waals surface area contributed by atoms with Crippen molar-refractivity contribution in [3.8, 4) is 6.07 Å². The van der Waals surface area contributed by atoms with Gasteiger partial charge in [-0.15, -0.1) is 11.8 Å². The second-order valence-corrected chi connectivity index (χ2v) is 4.25. The van der Waals surface area contributed by atoms with Crippen molar-refractivity contribution in [1.29, 1.82) is 5.26 Å². The van der Waals surface area contributed by atoms with Gasteiger partial charge in [-0.25, -0.2) is 9.37 Å². The molecule has 0 radical (unpaired) electrons. The third kappa shape index (κ3) is 3.02. The molecule has 0 spiro atoms. The van der Waals surface area contributed by atoms with Gasteiger partial charge in [0.1, 0.15) is 16.9 Å². The number of hydrogen-bond donors (Lipinski definition) is 0. The molecule has 2 aromatic rings. The summed E-state index contributed by atoms with van der Waals surface area (Å²) in [6.07, 6.45) is 4.89. The number of hydrogen-bond acceptors (Lipinski definition) is 4. The second kappa shape index (κ2) is 5.41. The topological polar surface area (TPSA) is 49.6 Å². The number of rotatable bonds is 3. The van der Waals surface area contributed by atoms with Crippen LogP contribution in [0.1, 0.15) is 11.1 Å². The Morgan fingerprint density at radius 3 is 2.94 bits per heavy atom. The Morgan fingerprint density at radius 2 is 2.24 bits per heavy atom. The van der Waals surface area contributed by atoms with E-state index >= 15 is 0 Å². The summed E-state index contributed by atoms with van der Waals surface area (Å²) in [4.78, 5) is 8.06. The maximum Gasteiger partial charge on any atom is 0.140 e. The van der Waals surface area contributed by atoms with Crippen LogP contribution in [-0.4, -0.2) is 9.97 Å². The lowest BCUT2D eigenvalue weighted by molar-refractivity contribution is 0.623. The summed E-state index contributed by atoms with van der Waals surface area (Å²) in [5, 5.41) is 9.51. The molecule has 0 amide bonds. The Morgan fingerprint density at radius 1 is 1.35 bits per heavy atom. The van der Waals surface area contributed by atoms with Crippen molar-refractivity contribution in [2.75, 3.05) is 0 Å². The van der Waals surface area contributed by atoms with Crippen LogP contribution in [0.4, 0.5) is 4.39 Å². The minimum absolute atomic E-state index is 0.0715. The van der Waals surface area contributed by atoms with E-state index in [9.17, 15) is 4.39 Å². The van der Waals surface area contributed by atoms with Crippen LogP contribution in [0, 0.1) is 17.1 Å². The molecule has 84 valence electrons. The Balaban J connectivity index is 2.08. The van der Waals surface area contributed by atoms with Gasteiger partial charge in [-0.1, -0.05) is 6.07 Å². The second-order valence-electron chi connectivity index (χ2n) is 3.26. The molecule has 0 unspecified atom stereocenters. The summed E-state index contributed by atoms with van der Waals surface area (Å²) in [5.41, 5.74) is 0.959. The van der Waals surface area contributed by atoms with E-state index in [4.69, 9.17) is 5.26 Å². The van der Waals surface area contributed by atoms with Gasteiger partial charge in [0.2, 0.25) is 0 Å². The van der Waals surface area contributed by atoms with Gasteiger partial charge in [0.25, 0.3) is 0 Å². The number of halogens is 1. The van der Waals surface area contributed by atoms with E-state index in [0.717, 1.165) is 10.6 Å². The maximum absolute atomic E-state index is 13.1. The fraction of sp³-hybridized carbons (Fsp3) is 0.0833. The Bertz CT molecular complexity index is 551. The monoisotopic (exact) mass is 245 g/mol. The highest BCUT2D eigenvalue weighted by molar-refractivity contribution is 7.98. The number of nitriles is 1. The highest BCUT2D eigenvalue weighted by Crippen LogP contribution is 2.20. The molecule has 0 saturated heterocycles. The molecule has 0 N–H and O–H groups in total. The molecule has 1 aromatic heterocycles. The molecular weight excluding hydrogens is 237 g/mol. The molecule has 0 fully saturated rings. The van der Waals surface area contributed by atoms with Crippen LogP contribution >= 0.6 is 11.8 Å². The first-order valence-corrected chi connectivity index (χ1v) is 5.85. The zero-order valence-corrected chi connectivity index (χ0v) is 9.62. The number of benzene rings is 1. The number of thioether (sulfide) groups is 1. The van der Waals surface area contributed by atoms with E-state index in [0.29, 0.717) is 5.75 Å². The van der Waals surface area contributed by atoms with Gasteiger partial charge >= 0.3 is 0 Å². The van der Waals surface area contributed by atoms with Gasteiger partial charge in [0.15, 0.2) is 0 Å². The molecule has 0 bridgehead atoms. The summed E-state index contributed by atoms with van der Waals surface area (Å²) >= 11 is 1.49. The average molecular weight is 245 g/mol. The third-order valence-corrected chi connectivity index (χ3v) is 3.06. The number of aromatic nitrogens is 2. The van der Waals surface area contributed by atoms with Crippen LogP contribution in [0.3, 0.4) is 0 Å². The molecule has 3 nitrogen and oxygen atoms in total. The lowest BCUT2D eigenvalue weighted by Gasteiger charge is -2.01. The van der Waals surface area contributed by atoms with Crippen molar-refractivity contribution in [1.82, 2.24) is 9.97 Å². The standard InChI is InChI=1S/C12H8FN3S/c13-11-2-1-9(5-10(11)6-14)8-17-12-7-15-3-4-16-12/h1-5,7H,8H2. The first-order chi connectivity index (χ1) is 8.29. The summed E-state index contributed by atoms with van der Waals surface area (Å²) in [6, 6.07) is 6.35. The summed E-state index contributed by atoms with van der Waals surface area (Å²) in [5.74, 6) is 0.147. The first-order valence-electron chi connectivity index (χ1n) is 4.87. The van der Waals surface area contributed by atoms with E-state index in [1.807, 2.05) is 6.07 Å². The zero-order valence-electron chi connectivity index (χ0n) is 8.80. The van der Waals surface area contributed by atoms with Gasteiger partial charge in [0.05, 0.1) is 11.8 Å². The predicted octanol–water partition coefficient (Wildman–Crippen LogP) is 2.78. The third-order valence-electron chi connectivity index (χ3n) is 2.08. The minimum Gasteiger partial charge on any atom is -0.260 e. The molecule has 0 aliphatic heterocycles. The highest BCUT2D eigenvalue weighted by atomic mass is 32.2. The summed E-state index contributed by atoms with van der Waals surface area (Å²) in [6.45, 7) is 0. The smallest absolute Gasteiger partial charge is 0.140 e. The molecule has 17 heavy (non-hydrogen) atoms. The van der Waals surface area contributed by atoms with Gasteiger partial charge in [-0.2, -0.15) is 5.26 Å². The van der Waals surface area contributed by atoms with E-state index < -0.39 is 5.82 Å². The molecule has 1 heterocycles. The molecule has 1 aromatic carbocycles. The van der Waals surface area contributed by atoms with Crippen molar-refractivity contribution in [2.24, 2.45) is 0 Å². The van der Waals surface area contributed by atoms with Crippen LogP contribution in [0.25, 0.3) is 0 Å². The molecule has 0 aliphatic carbocycles. The Kier molecular flexibility index (Phi) is 3.68. The van der Waals surface area contributed by atoms with Crippen LogP contribution in [0.15, 0.2) is 41.8 Å². The molecule has 0 saturated carbocycles. The van der Waals surface area contributed by atoms with Crippen molar-refractivity contribution >= 4 is 11.8 Å². The van der Waals surface area contributed by atoms with E-state index in [1.165, 1.54) is 17.8 Å². The quantitative estimate of drug-likeness (QED) is 0.780. The van der Waals surface area contributed by atoms with Crippen molar-refractivity contribution in [3.63, 3.8) is 0 Å². The maximum atomic E-state index is 13.1. The van der Waals surface area contributed by atoms with Gasteiger partial charge in [-0.05, 0) is 17.7 Å². The van der Waals surface area contributed by atoms with E-state index in [1.54, 1.807) is 30.7 Å². The lowest BCUT2D eigenvalue weighted by atomic mass is 10.1. The first kappa shape index (κ1) is 11.6.